The molecule has 1 aliphatic rings. The highest BCUT2D eigenvalue weighted by molar-refractivity contribution is 7.89. The lowest BCUT2D eigenvalue weighted by Gasteiger charge is -2.33. The zero-order valence-corrected chi connectivity index (χ0v) is 18.8. The molecular formula is C20H21Cl2F2N3O3S. The Kier molecular flexibility index (Phi) is 7.87. The number of carbonyl (C=O) groups excluding carboxylic acids is 1. The van der Waals surface area contributed by atoms with E-state index >= 15 is 0 Å². The van der Waals surface area contributed by atoms with Gasteiger partial charge in [-0.05, 0) is 36.8 Å². The van der Waals surface area contributed by atoms with Crippen molar-refractivity contribution in [2.24, 2.45) is 0 Å². The Balaban J connectivity index is 1.47. The van der Waals surface area contributed by atoms with Crippen LogP contribution in [0.2, 0.25) is 10.0 Å². The number of rotatable bonds is 7. The minimum atomic E-state index is -3.71. The summed E-state index contributed by atoms with van der Waals surface area (Å²) in [5, 5.41) is 3.07. The number of nitrogens with zero attached hydrogens (tertiary/aromatic N) is 2. The number of nitrogens with one attached hydrogen (secondary N) is 1. The van der Waals surface area contributed by atoms with E-state index in [2.05, 4.69) is 5.32 Å². The second-order valence-corrected chi connectivity index (χ2v) is 9.81. The highest BCUT2D eigenvalue weighted by Gasteiger charge is 2.29. The van der Waals surface area contributed by atoms with Crippen molar-refractivity contribution in [3.63, 3.8) is 0 Å². The van der Waals surface area contributed by atoms with Crippen molar-refractivity contribution >= 4 is 39.1 Å². The third kappa shape index (κ3) is 5.93. The maximum absolute atomic E-state index is 13.6. The van der Waals surface area contributed by atoms with Crippen LogP contribution in [0.3, 0.4) is 0 Å². The number of hydrogen-bond acceptors (Lipinski definition) is 4. The molecule has 1 heterocycles. The van der Waals surface area contributed by atoms with Crippen molar-refractivity contribution in [1.82, 2.24) is 14.5 Å². The van der Waals surface area contributed by atoms with E-state index in [0.29, 0.717) is 13.1 Å². The molecule has 1 saturated heterocycles. The van der Waals surface area contributed by atoms with Crippen molar-refractivity contribution in [3.05, 3.63) is 63.6 Å². The minimum absolute atomic E-state index is 0.0416. The summed E-state index contributed by atoms with van der Waals surface area (Å²) in [4.78, 5) is 14.0. The van der Waals surface area contributed by atoms with Gasteiger partial charge in [0.05, 0.1) is 21.5 Å². The van der Waals surface area contributed by atoms with E-state index in [9.17, 15) is 22.0 Å². The van der Waals surface area contributed by atoms with Gasteiger partial charge in [-0.3, -0.25) is 9.69 Å². The lowest BCUT2D eigenvalue weighted by molar-refractivity contribution is -0.122. The standard InChI is InChI=1S/C20H21Cl2F2N3O3S/c21-16-5-4-14(12-17(16)22)31(29,30)27-10-8-26(9-11-27)13-20(28)25-7-6-15-18(23)2-1-3-19(15)24/h1-5,12H,6-11,13H2,(H,25,28). The summed E-state index contributed by atoms with van der Waals surface area (Å²) in [6, 6.07) is 7.79. The number of carbonyl (C=O) groups is 1. The largest absolute Gasteiger partial charge is 0.355 e. The zero-order valence-electron chi connectivity index (χ0n) is 16.5. The third-order valence-electron chi connectivity index (χ3n) is 4.99. The molecule has 168 valence electrons. The van der Waals surface area contributed by atoms with E-state index in [1.165, 1.54) is 40.7 Å². The van der Waals surface area contributed by atoms with E-state index in [-0.39, 0.29) is 59.0 Å². The van der Waals surface area contributed by atoms with Crippen molar-refractivity contribution < 1.29 is 22.0 Å². The quantitative estimate of drug-likeness (QED) is 0.646. The second kappa shape index (κ2) is 10.2. The van der Waals surface area contributed by atoms with E-state index < -0.39 is 21.7 Å². The van der Waals surface area contributed by atoms with Gasteiger partial charge in [-0.1, -0.05) is 29.3 Å². The molecule has 0 saturated carbocycles. The van der Waals surface area contributed by atoms with Gasteiger partial charge in [0, 0.05) is 38.3 Å². The van der Waals surface area contributed by atoms with Gasteiger partial charge in [0.2, 0.25) is 15.9 Å². The second-order valence-electron chi connectivity index (χ2n) is 7.06. The van der Waals surface area contributed by atoms with Crippen LogP contribution in [0.5, 0.6) is 0 Å². The number of benzene rings is 2. The van der Waals surface area contributed by atoms with Crippen LogP contribution in [0, 0.1) is 11.6 Å². The fourth-order valence-corrected chi connectivity index (χ4v) is 5.08. The first kappa shape index (κ1) is 23.9. The van der Waals surface area contributed by atoms with Crippen LogP contribution in [0.1, 0.15) is 5.56 Å². The van der Waals surface area contributed by atoms with E-state index in [1.54, 1.807) is 0 Å². The van der Waals surface area contributed by atoms with Gasteiger partial charge in [0.15, 0.2) is 0 Å². The molecule has 11 heteroatoms. The van der Waals surface area contributed by atoms with Gasteiger partial charge in [0.25, 0.3) is 0 Å². The summed E-state index contributed by atoms with van der Waals surface area (Å²) in [5.74, 6) is -1.58. The molecule has 3 rings (SSSR count). The van der Waals surface area contributed by atoms with Crippen LogP contribution in [0.25, 0.3) is 0 Å². The van der Waals surface area contributed by atoms with Gasteiger partial charge >= 0.3 is 0 Å². The van der Waals surface area contributed by atoms with Crippen molar-refractivity contribution in [2.45, 2.75) is 11.3 Å². The average molecular weight is 492 g/mol. The normalized spacial score (nSPS) is 15.7. The summed E-state index contributed by atoms with van der Waals surface area (Å²) in [5.41, 5.74) is -0.0658. The predicted molar refractivity (Wildman–Crippen MR) is 115 cm³/mol. The van der Waals surface area contributed by atoms with Gasteiger partial charge in [-0.2, -0.15) is 4.31 Å². The Morgan fingerprint density at radius 3 is 2.26 bits per heavy atom. The molecule has 0 atom stereocenters. The molecular weight excluding hydrogens is 471 g/mol. The lowest BCUT2D eigenvalue weighted by Crippen LogP contribution is -2.51. The SMILES string of the molecule is O=C(CN1CCN(S(=O)(=O)c2ccc(Cl)c(Cl)c2)CC1)NCCc1c(F)cccc1F. The van der Waals surface area contributed by atoms with Crippen molar-refractivity contribution in [3.8, 4) is 0 Å². The maximum Gasteiger partial charge on any atom is 0.243 e. The molecule has 2 aromatic carbocycles. The molecule has 0 radical (unpaired) electrons. The van der Waals surface area contributed by atoms with Gasteiger partial charge in [0.1, 0.15) is 11.6 Å². The van der Waals surface area contributed by atoms with Gasteiger partial charge in [-0.15, -0.1) is 0 Å². The first-order valence-electron chi connectivity index (χ1n) is 9.55. The van der Waals surface area contributed by atoms with Crippen LogP contribution in [-0.2, 0) is 21.2 Å². The van der Waals surface area contributed by atoms with E-state index in [4.69, 9.17) is 23.2 Å². The monoisotopic (exact) mass is 491 g/mol. The Labute approximate surface area is 189 Å². The minimum Gasteiger partial charge on any atom is -0.355 e. The molecule has 1 fully saturated rings. The number of amides is 1. The molecule has 1 amide bonds. The number of sulfonamides is 1. The summed E-state index contributed by atoms with van der Waals surface area (Å²) >= 11 is 11.8. The molecule has 0 aliphatic carbocycles. The molecule has 0 aromatic heterocycles. The maximum atomic E-state index is 13.6. The van der Waals surface area contributed by atoms with Gasteiger partial charge in [-0.25, -0.2) is 17.2 Å². The first-order valence-corrected chi connectivity index (χ1v) is 11.7. The highest BCUT2D eigenvalue weighted by atomic mass is 35.5. The molecule has 1 aliphatic heterocycles. The van der Waals surface area contributed by atoms with Crippen LogP contribution in [0.4, 0.5) is 8.78 Å². The first-order chi connectivity index (χ1) is 14.7. The third-order valence-corrected chi connectivity index (χ3v) is 7.62. The molecule has 1 N–H and O–H groups in total. The number of piperazine rings is 1. The van der Waals surface area contributed by atoms with Crippen LogP contribution in [0.15, 0.2) is 41.3 Å². The Morgan fingerprint density at radius 1 is 1.00 bits per heavy atom. The van der Waals surface area contributed by atoms with Gasteiger partial charge < -0.3 is 5.32 Å². The van der Waals surface area contributed by atoms with E-state index in [1.807, 2.05) is 4.90 Å². The average Bonchev–Trinajstić information content (AvgIpc) is 2.72. The topological polar surface area (TPSA) is 69.7 Å². The molecule has 2 aromatic rings. The Morgan fingerprint density at radius 2 is 1.65 bits per heavy atom. The number of halogens is 4. The number of hydrogen-bond donors (Lipinski definition) is 1. The lowest BCUT2D eigenvalue weighted by atomic mass is 10.1. The molecule has 0 bridgehead atoms. The van der Waals surface area contributed by atoms with Crippen LogP contribution >= 0.6 is 23.2 Å². The highest BCUT2D eigenvalue weighted by Crippen LogP contribution is 2.27. The summed E-state index contributed by atoms with van der Waals surface area (Å²) in [6.45, 7) is 1.35. The summed E-state index contributed by atoms with van der Waals surface area (Å²) in [7, 11) is -3.71. The van der Waals surface area contributed by atoms with E-state index in [0.717, 1.165) is 0 Å². The molecule has 31 heavy (non-hydrogen) atoms. The van der Waals surface area contributed by atoms with Crippen LogP contribution in [-0.4, -0.2) is 62.8 Å². The molecule has 0 spiro atoms. The Bertz CT molecular complexity index is 1040. The van der Waals surface area contributed by atoms with Crippen LogP contribution < -0.4 is 5.32 Å². The summed E-state index contributed by atoms with van der Waals surface area (Å²) < 4.78 is 54.1. The fraction of sp³-hybridized carbons (Fsp3) is 0.350. The Hall–Kier alpha value is -1.78. The zero-order chi connectivity index (χ0) is 22.6. The predicted octanol–water partition coefficient (Wildman–Crippen LogP) is 2.94. The molecule has 6 nitrogen and oxygen atoms in total. The van der Waals surface area contributed by atoms with Crippen molar-refractivity contribution in [2.75, 3.05) is 39.3 Å². The van der Waals surface area contributed by atoms with Crippen molar-refractivity contribution in [1.29, 1.82) is 0 Å². The fourth-order valence-electron chi connectivity index (χ4n) is 3.27. The smallest absolute Gasteiger partial charge is 0.243 e. The summed E-state index contributed by atoms with van der Waals surface area (Å²) in [6.07, 6.45) is 0.0416. The molecule has 0 unspecified atom stereocenters.